The van der Waals surface area contributed by atoms with E-state index < -0.39 is 0 Å². The van der Waals surface area contributed by atoms with Crippen LogP contribution in [0.1, 0.15) is 38.5 Å². The van der Waals surface area contributed by atoms with Gasteiger partial charge in [-0.3, -0.25) is 0 Å². The number of anilines is 1. The lowest BCUT2D eigenvalue weighted by Gasteiger charge is -2.33. The molecule has 2 fully saturated rings. The Morgan fingerprint density at radius 2 is 2.05 bits per heavy atom. The summed E-state index contributed by atoms with van der Waals surface area (Å²) in [7, 11) is 0. The summed E-state index contributed by atoms with van der Waals surface area (Å²) in [5.74, 6) is 0.540. The lowest BCUT2D eigenvalue weighted by Crippen LogP contribution is -2.45. The van der Waals surface area contributed by atoms with E-state index in [1.165, 1.54) is 25.7 Å². The molecule has 1 aromatic heterocycles. The van der Waals surface area contributed by atoms with Crippen LogP contribution in [0, 0.1) is 5.92 Å². The summed E-state index contributed by atoms with van der Waals surface area (Å²) in [6.07, 6.45) is 9.06. The predicted molar refractivity (Wildman–Crippen MR) is 83.3 cm³/mol. The maximum Gasteiger partial charge on any atom is 0.185 e. The Kier molecular flexibility index (Phi) is 4.91. The number of hydrogen-bond donors (Lipinski definition) is 2. The van der Waals surface area contributed by atoms with Crippen LogP contribution >= 0.6 is 11.3 Å². The second kappa shape index (κ2) is 6.87. The van der Waals surface area contributed by atoms with Gasteiger partial charge in [0, 0.05) is 37.3 Å². The molecule has 1 saturated heterocycles. The van der Waals surface area contributed by atoms with Gasteiger partial charge in [0.05, 0.1) is 6.10 Å². The molecule has 4 nitrogen and oxygen atoms in total. The zero-order valence-electron chi connectivity index (χ0n) is 12.0. The standard InChI is InChI=1S/C15H25N3OS/c19-14(12-3-1-2-4-12)11-17-13-5-8-18(9-6-13)15-16-7-10-20-15/h7,10,12-14,17,19H,1-6,8-9,11H2. The number of nitrogens with zero attached hydrogens (tertiary/aromatic N) is 2. The maximum atomic E-state index is 10.2. The van der Waals surface area contributed by atoms with E-state index in [9.17, 15) is 5.11 Å². The van der Waals surface area contributed by atoms with Gasteiger partial charge >= 0.3 is 0 Å². The Morgan fingerprint density at radius 3 is 2.70 bits per heavy atom. The molecule has 5 heteroatoms. The Labute approximate surface area is 125 Å². The Morgan fingerprint density at radius 1 is 1.30 bits per heavy atom. The minimum atomic E-state index is -0.144. The fourth-order valence-corrected chi connectivity index (χ4v) is 4.14. The van der Waals surface area contributed by atoms with Crippen molar-refractivity contribution in [2.75, 3.05) is 24.5 Å². The van der Waals surface area contributed by atoms with E-state index in [4.69, 9.17) is 0 Å². The number of rotatable bonds is 5. The van der Waals surface area contributed by atoms with Gasteiger partial charge in [0.2, 0.25) is 0 Å². The minimum absolute atomic E-state index is 0.144. The van der Waals surface area contributed by atoms with Crippen molar-refractivity contribution in [3.05, 3.63) is 11.6 Å². The van der Waals surface area contributed by atoms with Crippen molar-refractivity contribution in [1.82, 2.24) is 10.3 Å². The Bertz CT molecular complexity index is 384. The van der Waals surface area contributed by atoms with Crippen LogP contribution in [0.15, 0.2) is 11.6 Å². The summed E-state index contributed by atoms with van der Waals surface area (Å²) in [5.41, 5.74) is 0. The number of aliphatic hydroxyl groups excluding tert-OH is 1. The Balaban J connectivity index is 1.38. The van der Waals surface area contributed by atoms with Crippen molar-refractivity contribution < 1.29 is 5.11 Å². The first-order valence-electron chi connectivity index (χ1n) is 7.89. The molecular formula is C15H25N3OS. The molecule has 20 heavy (non-hydrogen) atoms. The minimum Gasteiger partial charge on any atom is -0.392 e. The predicted octanol–water partition coefficient (Wildman–Crippen LogP) is 2.25. The number of piperidine rings is 1. The van der Waals surface area contributed by atoms with Crippen molar-refractivity contribution in [3.8, 4) is 0 Å². The van der Waals surface area contributed by atoms with Gasteiger partial charge in [-0.2, -0.15) is 0 Å². The third-order valence-electron chi connectivity index (χ3n) is 4.74. The largest absolute Gasteiger partial charge is 0.392 e. The van der Waals surface area contributed by atoms with Gasteiger partial charge in [-0.1, -0.05) is 12.8 Å². The molecule has 0 aromatic carbocycles. The summed E-state index contributed by atoms with van der Waals surface area (Å²) in [6.45, 7) is 2.92. The summed E-state index contributed by atoms with van der Waals surface area (Å²) in [5, 5.41) is 17.0. The highest BCUT2D eigenvalue weighted by molar-refractivity contribution is 7.13. The van der Waals surface area contributed by atoms with E-state index in [-0.39, 0.29) is 6.10 Å². The van der Waals surface area contributed by atoms with Crippen LogP contribution in [0.2, 0.25) is 0 Å². The fraction of sp³-hybridized carbons (Fsp3) is 0.800. The number of aliphatic hydroxyl groups is 1. The van der Waals surface area contributed by atoms with Crippen molar-refractivity contribution >= 4 is 16.5 Å². The summed E-state index contributed by atoms with van der Waals surface area (Å²) in [6, 6.07) is 0.558. The average molecular weight is 295 g/mol. The van der Waals surface area contributed by atoms with Crippen LogP contribution in [0.4, 0.5) is 5.13 Å². The molecule has 1 unspecified atom stereocenters. The molecule has 0 bridgehead atoms. The van der Waals surface area contributed by atoms with E-state index in [0.717, 1.165) is 37.6 Å². The second-order valence-corrected chi connectivity index (χ2v) is 6.97. The van der Waals surface area contributed by atoms with Crippen LogP contribution in [0.5, 0.6) is 0 Å². The number of thiazole rings is 1. The van der Waals surface area contributed by atoms with Gasteiger partial charge in [-0.25, -0.2) is 4.98 Å². The average Bonchev–Trinajstić information content (AvgIpc) is 3.18. The molecule has 0 radical (unpaired) electrons. The first kappa shape index (κ1) is 14.3. The van der Waals surface area contributed by atoms with Crippen LogP contribution in [0.3, 0.4) is 0 Å². The molecule has 112 valence electrons. The van der Waals surface area contributed by atoms with Gasteiger partial charge in [0.15, 0.2) is 5.13 Å². The molecule has 1 aliphatic carbocycles. The van der Waals surface area contributed by atoms with Crippen LogP contribution in [0.25, 0.3) is 0 Å². The summed E-state index contributed by atoms with van der Waals surface area (Å²) >= 11 is 1.72. The van der Waals surface area contributed by atoms with Crippen molar-refractivity contribution in [2.45, 2.75) is 50.7 Å². The summed E-state index contributed by atoms with van der Waals surface area (Å²) in [4.78, 5) is 6.75. The van der Waals surface area contributed by atoms with Gasteiger partial charge in [0.1, 0.15) is 0 Å². The highest BCUT2D eigenvalue weighted by Crippen LogP contribution is 2.27. The maximum absolute atomic E-state index is 10.2. The quantitative estimate of drug-likeness (QED) is 0.875. The van der Waals surface area contributed by atoms with Crippen LogP contribution in [-0.2, 0) is 0 Å². The first-order chi connectivity index (χ1) is 9.83. The Hall–Kier alpha value is -0.650. The summed E-state index contributed by atoms with van der Waals surface area (Å²) < 4.78 is 0. The molecule has 1 aromatic rings. The smallest absolute Gasteiger partial charge is 0.185 e. The molecule has 2 heterocycles. The molecule has 2 N–H and O–H groups in total. The van der Waals surface area contributed by atoms with Gasteiger partial charge in [0.25, 0.3) is 0 Å². The monoisotopic (exact) mass is 295 g/mol. The topological polar surface area (TPSA) is 48.4 Å². The highest BCUT2D eigenvalue weighted by atomic mass is 32.1. The lowest BCUT2D eigenvalue weighted by atomic mass is 9.99. The van der Waals surface area contributed by atoms with Gasteiger partial charge in [-0.15, -0.1) is 11.3 Å². The van der Waals surface area contributed by atoms with E-state index in [1.807, 2.05) is 11.6 Å². The zero-order valence-corrected chi connectivity index (χ0v) is 12.8. The van der Waals surface area contributed by atoms with Crippen LogP contribution < -0.4 is 10.2 Å². The number of aromatic nitrogens is 1. The van der Waals surface area contributed by atoms with Crippen molar-refractivity contribution in [3.63, 3.8) is 0 Å². The van der Waals surface area contributed by atoms with E-state index in [2.05, 4.69) is 15.2 Å². The van der Waals surface area contributed by atoms with Crippen molar-refractivity contribution in [2.24, 2.45) is 5.92 Å². The molecule has 3 rings (SSSR count). The van der Waals surface area contributed by atoms with Gasteiger partial charge < -0.3 is 15.3 Å². The third-order valence-corrected chi connectivity index (χ3v) is 5.58. The molecule has 1 saturated carbocycles. The van der Waals surface area contributed by atoms with Crippen molar-refractivity contribution in [1.29, 1.82) is 0 Å². The molecule has 1 aliphatic heterocycles. The first-order valence-corrected chi connectivity index (χ1v) is 8.77. The van der Waals surface area contributed by atoms with Gasteiger partial charge in [-0.05, 0) is 31.6 Å². The van der Waals surface area contributed by atoms with E-state index in [1.54, 1.807) is 11.3 Å². The van der Waals surface area contributed by atoms with E-state index in [0.29, 0.717) is 12.0 Å². The zero-order chi connectivity index (χ0) is 13.8. The fourth-order valence-electron chi connectivity index (χ4n) is 3.44. The SMILES string of the molecule is OC(CNC1CCN(c2nccs2)CC1)C1CCCC1. The number of hydrogen-bond acceptors (Lipinski definition) is 5. The second-order valence-electron chi connectivity index (χ2n) is 6.10. The molecule has 2 aliphatic rings. The molecule has 0 amide bonds. The lowest BCUT2D eigenvalue weighted by molar-refractivity contribution is 0.105. The highest BCUT2D eigenvalue weighted by Gasteiger charge is 2.25. The molecular weight excluding hydrogens is 270 g/mol. The van der Waals surface area contributed by atoms with Crippen LogP contribution in [-0.4, -0.2) is 41.9 Å². The molecule has 0 spiro atoms. The van der Waals surface area contributed by atoms with E-state index >= 15 is 0 Å². The third kappa shape index (κ3) is 3.51. The normalized spacial score (nSPS) is 23.4. The molecule has 1 atom stereocenters. The number of nitrogens with one attached hydrogen (secondary N) is 1.